The van der Waals surface area contributed by atoms with Crippen molar-refractivity contribution < 1.29 is 22.7 Å². The molecule has 1 aliphatic carbocycles. The molecule has 2 fully saturated rings. The largest absolute Gasteiger partial charge is 0.494 e. The summed E-state index contributed by atoms with van der Waals surface area (Å²) in [4.78, 5) is 26.1. The zero-order valence-corrected chi connectivity index (χ0v) is 17.5. The Morgan fingerprint density at radius 2 is 1.76 bits per heavy atom. The highest BCUT2D eigenvalue weighted by molar-refractivity contribution is 7.89. The van der Waals surface area contributed by atoms with E-state index in [1.54, 1.807) is 17.0 Å². The predicted octanol–water partition coefficient (Wildman–Crippen LogP) is 1.27. The SMILES string of the molecule is CCOc1ccc(S(=O)(=O)NCCC(=O)N2CCC(NC(=O)C3CC3)CC2)cc1. The maximum atomic E-state index is 12.4. The minimum Gasteiger partial charge on any atom is -0.494 e. The summed E-state index contributed by atoms with van der Waals surface area (Å²) in [7, 11) is -3.67. The van der Waals surface area contributed by atoms with Gasteiger partial charge in [-0.3, -0.25) is 9.59 Å². The first-order valence-corrected chi connectivity index (χ1v) is 11.7. The van der Waals surface area contributed by atoms with Crippen LogP contribution in [-0.2, 0) is 19.6 Å². The van der Waals surface area contributed by atoms with Crippen LogP contribution in [0.25, 0.3) is 0 Å². The molecule has 2 aliphatic rings. The number of sulfonamides is 1. The molecule has 3 rings (SSSR count). The molecule has 1 heterocycles. The smallest absolute Gasteiger partial charge is 0.240 e. The van der Waals surface area contributed by atoms with Crippen molar-refractivity contribution in [3.63, 3.8) is 0 Å². The van der Waals surface area contributed by atoms with Gasteiger partial charge in [0.25, 0.3) is 0 Å². The van der Waals surface area contributed by atoms with Crippen molar-refractivity contribution in [3.05, 3.63) is 24.3 Å². The van der Waals surface area contributed by atoms with E-state index in [0.29, 0.717) is 25.4 Å². The minimum absolute atomic E-state index is 0.0483. The van der Waals surface area contributed by atoms with Crippen LogP contribution in [0.3, 0.4) is 0 Å². The molecule has 1 aliphatic heterocycles. The fraction of sp³-hybridized carbons (Fsp3) is 0.600. The van der Waals surface area contributed by atoms with Gasteiger partial charge in [0.1, 0.15) is 5.75 Å². The van der Waals surface area contributed by atoms with E-state index in [1.807, 2.05) is 6.92 Å². The number of hydrogen-bond donors (Lipinski definition) is 2. The normalized spacial score (nSPS) is 17.8. The van der Waals surface area contributed by atoms with Gasteiger partial charge in [-0.05, 0) is 56.9 Å². The minimum atomic E-state index is -3.67. The molecule has 0 aromatic heterocycles. The van der Waals surface area contributed by atoms with Crippen LogP contribution in [0, 0.1) is 5.92 Å². The van der Waals surface area contributed by atoms with Crippen LogP contribution >= 0.6 is 0 Å². The van der Waals surface area contributed by atoms with Gasteiger partial charge in [-0.2, -0.15) is 0 Å². The molecular weight excluding hydrogens is 394 g/mol. The first-order valence-electron chi connectivity index (χ1n) is 10.2. The molecule has 0 bridgehead atoms. The Balaban J connectivity index is 1.39. The quantitative estimate of drug-likeness (QED) is 0.622. The highest BCUT2D eigenvalue weighted by Crippen LogP contribution is 2.29. The third kappa shape index (κ3) is 6.17. The molecule has 9 heteroatoms. The number of carbonyl (C=O) groups excluding carboxylic acids is 2. The van der Waals surface area contributed by atoms with Gasteiger partial charge >= 0.3 is 0 Å². The summed E-state index contributed by atoms with van der Waals surface area (Å²) in [6.07, 6.45) is 3.55. The van der Waals surface area contributed by atoms with Gasteiger partial charge < -0.3 is 15.0 Å². The van der Waals surface area contributed by atoms with Gasteiger partial charge in [0.15, 0.2) is 0 Å². The van der Waals surface area contributed by atoms with Crippen LogP contribution in [0.5, 0.6) is 5.75 Å². The number of ether oxygens (including phenoxy) is 1. The van der Waals surface area contributed by atoms with Crippen molar-refractivity contribution in [2.24, 2.45) is 5.92 Å². The lowest BCUT2D eigenvalue weighted by molar-refractivity contribution is -0.132. The number of piperidine rings is 1. The molecule has 0 unspecified atom stereocenters. The van der Waals surface area contributed by atoms with E-state index in [0.717, 1.165) is 25.7 Å². The average molecular weight is 424 g/mol. The first-order chi connectivity index (χ1) is 13.9. The second-order valence-corrected chi connectivity index (χ2v) is 9.26. The van der Waals surface area contributed by atoms with Crippen molar-refractivity contribution in [2.45, 2.75) is 50.0 Å². The maximum absolute atomic E-state index is 12.4. The van der Waals surface area contributed by atoms with E-state index in [2.05, 4.69) is 10.0 Å². The van der Waals surface area contributed by atoms with Gasteiger partial charge in [0.05, 0.1) is 11.5 Å². The number of hydrogen-bond acceptors (Lipinski definition) is 5. The van der Waals surface area contributed by atoms with Crippen LogP contribution < -0.4 is 14.8 Å². The third-order valence-electron chi connectivity index (χ3n) is 5.22. The molecule has 29 heavy (non-hydrogen) atoms. The molecule has 1 aromatic carbocycles. The van der Waals surface area contributed by atoms with Crippen molar-refractivity contribution in [2.75, 3.05) is 26.2 Å². The first kappa shape index (κ1) is 21.6. The Labute approximate surface area is 172 Å². The molecule has 1 aromatic rings. The number of benzene rings is 1. The van der Waals surface area contributed by atoms with Gasteiger partial charge in [0, 0.05) is 38.0 Å². The molecule has 2 N–H and O–H groups in total. The molecule has 0 radical (unpaired) electrons. The maximum Gasteiger partial charge on any atom is 0.240 e. The highest BCUT2D eigenvalue weighted by Gasteiger charge is 2.32. The number of rotatable bonds is 9. The monoisotopic (exact) mass is 423 g/mol. The van der Waals surface area contributed by atoms with Crippen LogP contribution in [0.4, 0.5) is 0 Å². The average Bonchev–Trinajstić information content (AvgIpc) is 3.54. The van der Waals surface area contributed by atoms with Gasteiger partial charge in [-0.15, -0.1) is 0 Å². The number of carbonyl (C=O) groups is 2. The number of nitrogens with zero attached hydrogens (tertiary/aromatic N) is 1. The standard InChI is InChI=1S/C20H29N3O5S/c1-2-28-17-5-7-18(8-6-17)29(26,27)21-12-9-19(24)23-13-10-16(11-14-23)22-20(25)15-3-4-15/h5-8,15-16,21H,2-4,9-14H2,1H3,(H,22,25). The van der Waals surface area contributed by atoms with Crippen molar-refractivity contribution in [1.29, 1.82) is 0 Å². The van der Waals surface area contributed by atoms with Gasteiger partial charge in [0.2, 0.25) is 21.8 Å². The molecule has 1 saturated carbocycles. The molecule has 8 nitrogen and oxygen atoms in total. The summed E-state index contributed by atoms with van der Waals surface area (Å²) in [5.41, 5.74) is 0. The summed E-state index contributed by atoms with van der Waals surface area (Å²) in [6.45, 7) is 3.58. The Morgan fingerprint density at radius 1 is 1.10 bits per heavy atom. The zero-order valence-electron chi connectivity index (χ0n) is 16.7. The summed E-state index contributed by atoms with van der Waals surface area (Å²) in [5, 5.41) is 3.06. The highest BCUT2D eigenvalue weighted by atomic mass is 32.2. The molecule has 1 saturated heterocycles. The van der Waals surface area contributed by atoms with E-state index in [9.17, 15) is 18.0 Å². The van der Waals surface area contributed by atoms with Crippen LogP contribution in [0.1, 0.15) is 39.0 Å². The fourth-order valence-electron chi connectivity index (χ4n) is 3.35. The van der Waals surface area contributed by atoms with E-state index in [1.165, 1.54) is 12.1 Å². The Kier molecular flexibility index (Phi) is 7.13. The lowest BCUT2D eigenvalue weighted by atomic mass is 10.0. The second kappa shape index (κ2) is 9.58. The fourth-order valence-corrected chi connectivity index (χ4v) is 4.39. The van der Waals surface area contributed by atoms with Crippen molar-refractivity contribution in [3.8, 4) is 5.75 Å². The number of amides is 2. The van der Waals surface area contributed by atoms with E-state index >= 15 is 0 Å². The lowest BCUT2D eigenvalue weighted by Crippen LogP contribution is -2.47. The van der Waals surface area contributed by atoms with E-state index in [-0.39, 0.29) is 41.6 Å². The second-order valence-electron chi connectivity index (χ2n) is 7.49. The molecule has 0 atom stereocenters. The van der Waals surface area contributed by atoms with Crippen molar-refractivity contribution >= 4 is 21.8 Å². The summed E-state index contributed by atoms with van der Waals surface area (Å²) in [6, 6.07) is 6.31. The summed E-state index contributed by atoms with van der Waals surface area (Å²) >= 11 is 0. The zero-order chi connectivity index (χ0) is 20.9. The molecule has 2 amide bonds. The Bertz CT molecular complexity index is 813. The van der Waals surface area contributed by atoms with Crippen molar-refractivity contribution in [1.82, 2.24) is 14.9 Å². The Morgan fingerprint density at radius 3 is 2.34 bits per heavy atom. The van der Waals surface area contributed by atoms with E-state index < -0.39 is 10.0 Å². The van der Waals surface area contributed by atoms with E-state index in [4.69, 9.17) is 4.74 Å². The molecule has 160 valence electrons. The number of likely N-dealkylation sites (tertiary alicyclic amines) is 1. The summed E-state index contributed by atoms with van der Waals surface area (Å²) in [5.74, 6) is 0.862. The van der Waals surface area contributed by atoms with Crippen LogP contribution in [0.2, 0.25) is 0 Å². The topological polar surface area (TPSA) is 105 Å². The van der Waals surface area contributed by atoms with Crippen LogP contribution in [0.15, 0.2) is 29.2 Å². The van der Waals surface area contributed by atoms with Crippen LogP contribution in [-0.4, -0.2) is 57.4 Å². The Hall–Kier alpha value is -2.13. The summed E-state index contributed by atoms with van der Waals surface area (Å²) < 4.78 is 32.5. The predicted molar refractivity (Wildman–Crippen MR) is 108 cm³/mol. The number of nitrogens with one attached hydrogen (secondary N) is 2. The van der Waals surface area contributed by atoms with Gasteiger partial charge in [-0.1, -0.05) is 0 Å². The lowest BCUT2D eigenvalue weighted by Gasteiger charge is -2.32. The third-order valence-corrected chi connectivity index (χ3v) is 6.70. The molecule has 0 spiro atoms. The van der Waals surface area contributed by atoms with Gasteiger partial charge in [-0.25, -0.2) is 13.1 Å². The molecular formula is C20H29N3O5S.